The molecule has 0 aliphatic carbocycles. The summed E-state index contributed by atoms with van der Waals surface area (Å²) in [5.74, 6) is 0. The van der Waals surface area contributed by atoms with Gasteiger partial charge in [0.05, 0.1) is 22.7 Å². The van der Waals surface area contributed by atoms with Gasteiger partial charge in [-0.05, 0) is 144 Å². The Morgan fingerprint density at radius 1 is 0.412 bits per heavy atom. The summed E-state index contributed by atoms with van der Waals surface area (Å²) in [5.41, 5.74) is 11.0. The molecule has 0 fully saturated rings. The summed E-state index contributed by atoms with van der Waals surface area (Å²) in [7, 11) is 0. The molecule has 0 aliphatic rings. The number of nitriles is 1. The first kappa shape index (κ1) is 27.9. The molecule has 0 spiro atoms. The lowest BCUT2D eigenvalue weighted by Crippen LogP contribution is -1.94. The Morgan fingerprint density at radius 3 is 1.49 bits per heavy atom. The summed E-state index contributed by atoms with van der Waals surface area (Å²) in [6.45, 7) is 0. The van der Waals surface area contributed by atoms with Gasteiger partial charge < -0.3 is 4.57 Å². The van der Waals surface area contributed by atoms with Gasteiger partial charge in [0.25, 0.3) is 0 Å². The molecule has 0 bridgehead atoms. The Bertz CT molecular complexity index is 3120. The summed E-state index contributed by atoms with van der Waals surface area (Å²) in [6, 6.07) is 57.2. The van der Waals surface area contributed by atoms with Gasteiger partial charge in [-0.1, -0.05) is 78.9 Å². The number of nitrogens with zero attached hydrogens (tertiary/aromatic N) is 3. The lowest BCUT2D eigenvalue weighted by atomic mass is 9.89. The van der Waals surface area contributed by atoms with Crippen molar-refractivity contribution in [3.63, 3.8) is 0 Å². The van der Waals surface area contributed by atoms with Crippen molar-refractivity contribution in [2.75, 3.05) is 0 Å². The molecule has 2 aromatic heterocycles. The van der Waals surface area contributed by atoms with E-state index in [-0.39, 0.29) is 0 Å². The van der Waals surface area contributed by atoms with E-state index in [4.69, 9.17) is 0 Å². The number of pyridine rings is 1. The minimum absolute atomic E-state index is 0.668. The van der Waals surface area contributed by atoms with Crippen molar-refractivity contribution < 1.29 is 0 Å². The third-order valence-electron chi connectivity index (χ3n) is 10.7. The van der Waals surface area contributed by atoms with Crippen molar-refractivity contribution in [1.82, 2.24) is 9.55 Å². The molecule has 9 aromatic carbocycles. The molecular formula is C48H27N3. The highest BCUT2D eigenvalue weighted by Crippen LogP contribution is 2.43. The maximum atomic E-state index is 9.88. The molecule has 3 heteroatoms. The second kappa shape index (κ2) is 10.5. The zero-order valence-electron chi connectivity index (χ0n) is 27.4. The minimum atomic E-state index is 0.668. The minimum Gasteiger partial charge on any atom is -0.309 e. The standard InChI is InChI=1S/C48H27N3/c49-27-29-18-32-11-16-37-25-41(26-44-48(37)47(32)43(19-29)51(44)42-9-2-1-3-10-42)31-7-4-6-30(20-31)39-21-33-12-14-35-23-40(38-8-5-17-50-28-38)24-36-15-13-34(22-39)45(33)46(35)36/h1-26,28H. The second-order valence-corrected chi connectivity index (χ2v) is 13.6. The van der Waals surface area contributed by atoms with Gasteiger partial charge in [-0.3, -0.25) is 4.98 Å². The van der Waals surface area contributed by atoms with Gasteiger partial charge in [0.2, 0.25) is 0 Å². The zero-order chi connectivity index (χ0) is 33.6. The van der Waals surface area contributed by atoms with Crippen molar-refractivity contribution in [3.8, 4) is 45.1 Å². The SMILES string of the molecule is N#Cc1cc2ccc3cc(-c4cccc(-c5cc6ccc7cc(-c8cccnc8)cc8ccc(c5)c6c78)c4)cc4c3c2c(c1)n4-c1ccccc1. The van der Waals surface area contributed by atoms with Gasteiger partial charge >= 0.3 is 0 Å². The Morgan fingerprint density at radius 2 is 0.922 bits per heavy atom. The molecule has 0 aliphatic heterocycles. The van der Waals surface area contributed by atoms with E-state index in [9.17, 15) is 5.26 Å². The first-order chi connectivity index (χ1) is 25.2. The molecule has 11 aromatic rings. The molecule has 234 valence electrons. The van der Waals surface area contributed by atoms with Crippen LogP contribution in [0.25, 0.3) is 104 Å². The van der Waals surface area contributed by atoms with Crippen LogP contribution in [0.1, 0.15) is 5.56 Å². The van der Waals surface area contributed by atoms with Crippen LogP contribution < -0.4 is 0 Å². The third-order valence-corrected chi connectivity index (χ3v) is 10.7. The van der Waals surface area contributed by atoms with Gasteiger partial charge in [-0.2, -0.15) is 5.26 Å². The van der Waals surface area contributed by atoms with E-state index in [2.05, 4.69) is 143 Å². The Labute approximate surface area is 293 Å². The highest BCUT2D eigenvalue weighted by atomic mass is 15.0. The third kappa shape index (κ3) is 4.14. The van der Waals surface area contributed by atoms with Gasteiger partial charge in [0, 0.05) is 34.4 Å². The summed E-state index contributed by atoms with van der Waals surface area (Å²) in [6.07, 6.45) is 3.75. The van der Waals surface area contributed by atoms with Crippen LogP contribution >= 0.6 is 0 Å². The van der Waals surface area contributed by atoms with Gasteiger partial charge in [-0.25, -0.2) is 0 Å². The predicted molar refractivity (Wildman–Crippen MR) is 212 cm³/mol. The van der Waals surface area contributed by atoms with Crippen molar-refractivity contribution in [2.45, 2.75) is 0 Å². The maximum Gasteiger partial charge on any atom is 0.0992 e. The summed E-state index contributed by atoms with van der Waals surface area (Å²) < 4.78 is 2.32. The fourth-order valence-corrected chi connectivity index (χ4v) is 8.44. The van der Waals surface area contributed by atoms with Crippen LogP contribution in [0.15, 0.2) is 164 Å². The Kier molecular flexibility index (Phi) is 5.73. The van der Waals surface area contributed by atoms with Crippen LogP contribution in [0.5, 0.6) is 0 Å². The van der Waals surface area contributed by atoms with Crippen LogP contribution in [0.4, 0.5) is 0 Å². The van der Waals surface area contributed by atoms with Crippen LogP contribution in [-0.4, -0.2) is 9.55 Å². The van der Waals surface area contributed by atoms with E-state index in [1.54, 1.807) is 0 Å². The predicted octanol–water partition coefficient (Wildman–Crippen LogP) is 12.5. The van der Waals surface area contributed by atoms with Crippen LogP contribution in [0.2, 0.25) is 0 Å². The highest BCUT2D eigenvalue weighted by Gasteiger charge is 2.19. The molecule has 11 rings (SSSR count). The molecule has 0 saturated heterocycles. The Hall–Kier alpha value is -7.02. The number of hydrogen-bond acceptors (Lipinski definition) is 2. The molecule has 0 saturated carbocycles. The molecule has 0 atom stereocenters. The Balaban J connectivity index is 1.07. The fraction of sp³-hybridized carbons (Fsp3) is 0. The van der Waals surface area contributed by atoms with E-state index in [1.807, 2.05) is 36.7 Å². The van der Waals surface area contributed by atoms with Gasteiger partial charge in [0.1, 0.15) is 0 Å². The fourth-order valence-electron chi connectivity index (χ4n) is 8.44. The molecule has 2 heterocycles. The molecule has 0 N–H and O–H groups in total. The quantitative estimate of drug-likeness (QED) is 0.179. The van der Waals surface area contributed by atoms with Crippen molar-refractivity contribution in [2.24, 2.45) is 0 Å². The molecular weight excluding hydrogens is 619 g/mol. The first-order valence-electron chi connectivity index (χ1n) is 17.2. The monoisotopic (exact) mass is 645 g/mol. The summed E-state index contributed by atoms with van der Waals surface area (Å²) >= 11 is 0. The lowest BCUT2D eigenvalue weighted by Gasteiger charge is -2.15. The summed E-state index contributed by atoms with van der Waals surface area (Å²) in [5, 5.41) is 22.2. The average molecular weight is 646 g/mol. The van der Waals surface area contributed by atoms with Crippen molar-refractivity contribution in [3.05, 3.63) is 170 Å². The average Bonchev–Trinajstić information content (AvgIpc) is 3.53. The molecule has 0 amide bonds. The van der Waals surface area contributed by atoms with Crippen LogP contribution in [-0.2, 0) is 0 Å². The summed E-state index contributed by atoms with van der Waals surface area (Å²) in [4.78, 5) is 4.35. The van der Waals surface area contributed by atoms with E-state index in [0.717, 1.165) is 33.2 Å². The van der Waals surface area contributed by atoms with Gasteiger partial charge in [0.15, 0.2) is 0 Å². The number of benzene rings is 9. The van der Waals surface area contributed by atoms with Crippen LogP contribution in [0, 0.1) is 11.3 Å². The largest absolute Gasteiger partial charge is 0.309 e. The molecule has 0 unspecified atom stereocenters. The van der Waals surface area contributed by atoms with Gasteiger partial charge in [-0.15, -0.1) is 0 Å². The van der Waals surface area contributed by atoms with E-state index in [1.165, 1.54) is 70.7 Å². The number of aromatic nitrogens is 2. The van der Waals surface area contributed by atoms with Crippen molar-refractivity contribution in [1.29, 1.82) is 5.26 Å². The second-order valence-electron chi connectivity index (χ2n) is 13.6. The molecule has 0 radical (unpaired) electrons. The number of hydrogen-bond donors (Lipinski definition) is 0. The van der Waals surface area contributed by atoms with E-state index >= 15 is 0 Å². The number of rotatable bonds is 4. The highest BCUT2D eigenvalue weighted by molar-refractivity contribution is 6.26. The van der Waals surface area contributed by atoms with Crippen molar-refractivity contribution >= 4 is 64.9 Å². The normalized spacial score (nSPS) is 11.9. The van der Waals surface area contributed by atoms with E-state index in [0.29, 0.717) is 5.56 Å². The topological polar surface area (TPSA) is 41.6 Å². The first-order valence-corrected chi connectivity index (χ1v) is 17.2. The van der Waals surface area contributed by atoms with E-state index < -0.39 is 0 Å². The number of para-hydroxylation sites is 1. The molecule has 51 heavy (non-hydrogen) atoms. The smallest absolute Gasteiger partial charge is 0.0992 e. The lowest BCUT2D eigenvalue weighted by molar-refractivity contribution is 1.18. The zero-order valence-corrected chi connectivity index (χ0v) is 27.4. The molecule has 3 nitrogen and oxygen atoms in total. The maximum absolute atomic E-state index is 9.88. The van der Waals surface area contributed by atoms with Crippen LogP contribution in [0.3, 0.4) is 0 Å².